The van der Waals surface area contributed by atoms with Gasteiger partial charge in [-0.3, -0.25) is 14.9 Å². The molecule has 0 saturated carbocycles. The number of nitrogens with one attached hydrogen (secondary N) is 2. The third kappa shape index (κ3) is 6.57. The molecule has 2 N–H and O–H groups in total. The molecule has 3 amide bonds. The molecule has 0 radical (unpaired) electrons. The van der Waals surface area contributed by atoms with Gasteiger partial charge >= 0.3 is 6.09 Å². The zero-order chi connectivity index (χ0) is 28.4. The molecule has 0 aromatic heterocycles. The van der Waals surface area contributed by atoms with Crippen LogP contribution in [0, 0.1) is 11.7 Å². The summed E-state index contributed by atoms with van der Waals surface area (Å²) < 4.78 is 20.7. The maximum atomic E-state index is 15.1. The van der Waals surface area contributed by atoms with Crippen LogP contribution in [0.15, 0.2) is 36.4 Å². The van der Waals surface area contributed by atoms with E-state index in [1.54, 1.807) is 17.0 Å². The number of carbonyl (C=O) groups is 3. The summed E-state index contributed by atoms with van der Waals surface area (Å²) >= 11 is 0. The summed E-state index contributed by atoms with van der Waals surface area (Å²) in [7, 11) is 0. The third-order valence-corrected chi connectivity index (χ3v) is 8.01. The molecule has 8 nitrogen and oxygen atoms in total. The van der Waals surface area contributed by atoms with Crippen LogP contribution in [-0.4, -0.2) is 54.1 Å². The molecule has 2 aromatic carbocycles. The van der Waals surface area contributed by atoms with E-state index in [1.807, 2.05) is 20.8 Å². The minimum absolute atomic E-state index is 0.261. The SMILES string of the molecule is CC(C)(C)OC(=O)N1CCc2c(CC3CCN(c4ccc(NC5CCC(=O)NC5=O)cc4F)CC3)cccc2C1. The van der Waals surface area contributed by atoms with E-state index in [9.17, 15) is 14.4 Å². The number of nitrogens with zero attached hydrogens (tertiary/aromatic N) is 2. The molecule has 214 valence electrons. The lowest BCUT2D eigenvalue weighted by Crippen LogP contribution is -2.47. The third-order valence-electron chi connectivity index (χ3n) is 8.01. The van der Waals surface area contributed by atoms with Gasteiger partial charge in [0.15, 0.2) is 0 Å². The predicted octanol–water partition coefficient (Wildman–Crippen LogP) is 4.80. The van der Waals surface area contributed by atoms with Crippen LogP contribution >= 0.6 is 0 Å². The molecule has 0 spiro atoms. The molecule has 2 saturated heterocycles. The van der Waals surface area contributed by atoms with E-state index in [0.717, 1.165) is 38.8 Å². The molecule has 2 aromatic rings. The second kappa shape index (κ2) is 11.5. The second-order valence-electron chi connectivity index (χ2n) is 12.2. The van der Waals surface area contributed by atoms with Gasteiger partial charge in [0, 0.05) is 38.3 Å². The largest absolute Gasteiger partial charge is 0.444 e. The number of hydrogen-bond acceptors (Lipinski definition) is 6. The van der Waals surface area contributed by atoms with Crippen LogP contribution in [0.3, 0.4) is 0 Å². The van der Waals surface area contributed by atoms with Crippen molar-refractivity contribution in [3.63, 3.8) is 0 Å². The number of fused-ring (bicyclic) bond motifs is 1. The number of piperidine rings is 2. The van der Waals surface area contributed by atoms with E-state index in [-0.39, 0.29) is 30.1 Å². The number of hydrogen-bond donors (Lipinski definition) is 2. The molecule has 0 aliphatic carbocycles. The summed E-state index contributed by atoms with van der Waals surface area (Å²) in [5.74, 6) is -0.446. The Bertz CT molecular complexity index is 1280. The fourth-order valence-electron chi connectivity index (χ4n) is 5.94. The van der Waals surface area contributed by atoms with Gasteiger partial charge in [-0.05, 0) is 93.7 Å². The van der Waals surface area contributed by atoms with E-state index in [2.05, 4.69) is 33.7 Å². The zero-order valence-electron chi connectivity index (χ0n) is 23.6. The molecule has 5 rings (SSSR count). The first-order valence-corrected chi connectivity index (χ1v) is 14.3. The highest BCUT2D eigenvalue weighted by atomic mass is 19.1. The van der Waals surface area contributed by atoms with Crippen molar-refractivity contribution in [3.8, 4) is 0 Å². The van der Waals surface area contributed by atoms with E-state index in [4.69, 9.17) is 4.74 Å². The maximum absolute atomic E-state index is 15.1. The number of carbonyl (C=O) groups excluding carboxylic acids is 3. The number of amides is 3. The topological polar surface area (TPSA) is 91.0 Å². The number of rotatable bonds is 5. The quantitative estimate of drug-likeness (QED) is 0.520. The molecule has 40 heavy (non-hydrogen) atoms. The summed E-state index contributed by atoms with van der Waals surface area (Å²) in [5.41, 5.74) is 4.51. The number of imide groups is 1. The molecule has 1 unspecified atom stereocenters. The lowest BCUT2D eigenvalue weighted by atomic mass is 9.85. The van der Waals surface area contributed by atoms with E-state index in [0.29, 0.717) is 36.8 Å². The van der Waals surface area contributed by atoms with E-state index < -0.39 is 11.6 Å². The summed E-state index contributed by atoms with van der Waals surface area (Å²) in [6.45, 7) is 8.45. The minimum Gasteiger partial charge on any atom is -0.444 e. The molecule has 3 aliphatic rings. The number of halogens is 1. The normalized spacial score (nSPS) is 20.1. The van der Waals surface area contributed by atoms with Gasteiger partial charge in [0.1, 0.15) is 17.5 Å². The molecule has 3 aliphatic heterocycles. The molecular formula is C31H39FN4O4. The lowest BCUT2D eigenvalue weighted by Gasteiger charge is -2.35. The van der Waals surface area contributed by atoms with Crippen molar-refractivity contribution in [3.05, 3.63) is 58.9 Å². The number of benzene rings is 2. The summed E-state index contributed by atoms with van der Waals surface area (Å²) in [6, 6.07) is 10.9. The lowest BCUT2D eigenvalue weighted by molar-refractivity contribution is -0.133. The van der Waals surface area contributed by atoms with Crippen molar-refractivity contribution < 1.29 is 23.5 Å². The Morgan fingerprint density at radius 2 is 1.85 bits per heavy atom. The summed E-state index contributed by atoms with van der Waals surface area (Å²) in [5, 5.41) is 5.36. The Kier molecular flexibility index (Phi) is 8.01. The Morgan fingerprint density at radius 3 is 2.55 bits per heavy atom. The van der Waals surface area contributed by atoms with Crippen LogP contribution < -0.4 is 15.5 Å². The molecule has 3 heterocycles. The maximum Gasteiger partial charge on any atom is 0.410 e. The van der Waals surface area contributed by atoms with Crippen molar-refractivity contribution in [2.75, 3.05) is 29.9 Å². The van der Waals surface area contributed by atoms with Gasteiger partial charge in [0.05, 0.1) is 5.69 Å². The standard InChI is InChI=1S/C31H39FN4O4/c1-31(2,3)40-30(39)36-16-13-24-21(5-4-6-22(24)19-36)17-20-11-14-35(15-12-20)27-9-7-23(18-25(27)32)33-26-8-10-28(37)34-29(26)38/h4-7,9,18,20,26,33H,8,10-17,19H2,1-3H3,(H,34,37,38). The van der Waals surface area contributed by atoms with E-state index >= 15 is 4.39 Å². The molecule has 0 bridgehead atoms. The van der Waals surface area contributed by atoms with Gasteiger partial charge in [-0.25, -0.2) is 9.18 Å². The van der Waals surface area contributed by atoms with Crippen LogP contribution in [0.1, 0.15) is 63.1 Å². The number of anilines is 2. The smallest absolute Gasteiger partial charge is 0.410 e. The summed E-state index contributed by atoms with van der Waals surface area (Å²) in [6.07, 6.45) is 4.17. The van der Waals surface area contributed by atoms with Gasteiger partial charge in [-0.1, -0.05) is 18.2 Å². The monoisotopic (exact) mass is 550 g/mol. The highest BCUT2D eigenvalue weighted by Gasteiger charge is 2.29. The van der Waals surface area contributed by atoms with E-state index in [1.165, 1.54) is 22.8 Å². The predicted molar refractivity (Wildman–Crippen MR) is 152 cm³/mol. The van der Waals surface area contributed by atoms with Crippen LogP contribution in [0.5, 0.6) is 0 Å². The van der Waals surface area contributed by atoms with Gasteiger partial charge < -0.3 is 19.9 Å². The molecule has 9 heteroatoms. The highest BCUT2D eigenvalue weighted by molar-refractivity contribution is 6.01. The van der Waals surface area contributed by atoms with Gasteiger partial charge in [0.25, 0.3) is 0 Å². The van der Waals surface area contributed by atoms with Gasteiger partial charge in [-0.15, -0.1) is 0 Å². The van der Waals surface area contributed by atoms with Crippen molar-refractivity contribution in [1.29, 1.82) is 0 Å². The molecule has 1 atom stereocenters. The Hall–Kier alpha value is -3.62. The molecule has 2 fully saturated rings. The second-order valence-corrected chi connectivity index (χ2v) is 12.2. The first-order valence-electron chi connectivity index (χ1n) is 14.3. The van der Waals surface area contributed by atoms with Crippen molar-refractivity contribution in [2.24, 2.45) is 5.92 Å². The van der Waals surface area contributed by atoms with Crippen molar-refractivity contribution >= 4 is 29.3 Å². The van der Waals surface area contributed by atoms with Crippen LogP contribution in [0.2, 0.25) is 0 Å². The van der Waals surface area contributed by atoms with Crippen LogP contribution in [-0.2, 0) is 33.7 Å². The average Bonchev–Trinajstić information content (AvgIpc) is 2.90. The Labute approximate surface area is 235 Å². The number of ether oxygens (including phenoxy) is 1. The Morgan fingerprint density at radius 1 is 1.07 bits per heavy atom. The zero-order valence-corrected chi connectivity index (χ0v) is 23.6. The first-order chi connectivity index (χ1) is 19.1. The Balaban J connectivity index is 1.16. The van der Waals surface area contributed by atoms with Crippen molar-refractivity contribution in [1.82, 2.24) is 10.2 Å². The van der Waals surface area contributed by atoms with Gasteiger partial charge in [-0.2, -0.15) is 0 Å². The van der Waals surface area contributed by atoms with Crippen molar-refractivity contribution in [2.45, 2.75) is 77.5 Å². The summed E-state index contributed by atoms with van der Waals surface area (Å²) in [4.78, 5) is 39.8. The highest BCUT2D eigenvalue weighted by Crippen LogP contribution is 2.32. The van der Waals surface area contributed by atoms with Gasteiger partial charge in [0.2, 0.25) is 11.8 Å². The fraction of sp³-hybridized carbons (Fsp3) is 0.516. The minimum atomic E-state index is -0.539. The first kappa shape index (κ1) is 27.9. The fourth-order valence-corrected chi connectivity index (χ4v) is 5.94. The van der Waals surface area contributed by atoms with Crippen LogP contribution in [0.4, 0.5) is 20.6 Å². The molecular weight excluding hydrogens is 511 g/mol. The van der Waals surface area contributed by atoms with Crippen LogP contribution in [0.25, 0.3) is 0 Å². The average molecular weight is 551 g/mol.